The fourth-order valence-corrected chi connectivity index (χ4v) is 9.58. The molecular formula is C41H49F3N6O5S. The zero-order valence-electron chi connectivity index (χ0n) is 32.2. The van der Waals surface area contributed by atoms with E-state index < -0.39 is 28.7 Å². The maximum atomic E-state index is 13.7. The number of likely N-dealkylation sites (tertiary alicyclic amines) is 1. The number of benzene rings is 2. The highest BCUT2D eigenvalue weighted by atomic mass is 32.1. The van der Waals surface area contributed by atoms with Crippen molar-refractivity contribution in [3.8, 4) is 6.07 Å². The highest BCUT2D eigenvalue weighted by Crippen LogP contribution is 2.41. The number of nitriles is 1. The number of nitrogens with zero attached hydrogens (tertiary/aromatic N) is 4. The van der Waals surface area contributed by atoms with Crippen LogP contribution in [-0.2, 0) is 30.1 Å². The zero-order chi connectivity index (χ0) is 40.5. The Labute approximate surface area is 330 Å². The van der Waals surface area contributed by atoms with Gasteiger partial charge in [0.05, 0.1) is 41.5 Å². The SMILES string of the molecule is C[C@@H]1CC(CCOC2CCC(N3C(=S)N(c4ccc(C#N)c(C(F)(F)F)c4)C(=O)C3(C)C)CC2)C[C@H](C)N1CC(=O)Nc1ccc(C2CCC(=O)NC2=O)cc1. The van der Waals surface area contributed by atoms with Crippen LogP contribution in [0.1, 0.15) is 108 Å². The quantitative estimate of drug-likeness (QED) is 0.200. The highest BCUT2D eigenvalue weighted by molar-refractivity contribution is 7.80. The molecule has 11 nitrogen and oxygen atoms in total. The Kier molecular flexibility index (Phi) is 12.2. The number of carbonyl (C=O) groups excluding carboxylic acids is 4. The standard InChI is InChI=1S/C41H49F3N6O5S/c1-24-19-26(20-25(2)48(24)23-36(52)46-29-8-5-27(6-9-29)33-15-16-35(51)47-37(33)53)17-18-55-32-13-11-30(12-14-32)50-39(56)49(38(54)40(50,3)4)31-10-7-28(22-45)34(21-31)41(42,43)44/h5-10,21,24-26,30,32-33H,11-20,23H2,1-4H3,(H,46,52)(H,47,51,53)/t24-,25+,26?,30?,32?,33?. The fourth-order valence-electron chi connectivity index (χ4n) is 9.02. The van der Waals surface area contributed by atoms with Gasteiger partial charge in [-0.15, -0.1) is 0 Å². The number of carbonyl (C=O) groups is 4. The number of thiocarbonyl (C=S) groups is 1. The Hall–Kier alpha value is -4.39. The van der Waals surface area contributed by atoms with E-state index in [4.69, 9.17) is 17.0 Å². The van der Waals surface area contributed by atoms with Crippen LogP contribution in [-0.4, -0.2) is 81.5 Å². The summed E-state index contributed by atoms with van der Waals surface area (Å²) in [4.78, 5) is 55.6. The van der Waals surface area contributed by atoms with E-state index in [9.17, 15) is 37.6 Å². The van der Waals surface area contributed by atoms with Crippen molar-refractivity contribution in [2.75, 3.05) is 23.4 Å². The summed E-state index contributed by atoms with van der Waals surface area (Å²) >= 11 is 5.74. The summed E-state index contributed by atoms with van der Waals surface area (Å²) in [6.45, 7) is 8.67. The van der Waals surface area contributed by atoms with Gasteiger partial charge in [-0.2, -0.15) is 18.4 Å². The van der Waals surface area contributed by atoms with Crippen LogP contribution >= 0.6 is 12.2 Å². The second-order valence-electron chi connectivity index (χ2n) is 16.2. The largest absolute Gasteiger partial charge is 0.417 e. The van der Waals surface area contributed by atoms with E-state index in [1.165, 1.54) is 11.0 Å². The number of alkyl halides is 3. The maximum Gasteiger partial charge on any atom is 0.417 e. The third kappa shape index (κ3) is 8.77. The summed E-state index contributed by atoms with van der Waals surface area (Å²) < 4.78 is 47.5. The molecule has 2 unspecified atom stereocenters. The van der Waals surface area contributed by atoms with Crippen LogP contribution in [0.2, 0.25) is 0 Å². The van der Waals surface area contributed by atoms with E-state index >= 15 is 0 Å². The molecule has 6 rings (SSSR count). The maximum absolute atomic E-state index is 13.7. The summed E-state index contributed by atoms with van der Waals surface area (Å²) in [5.74, 6) is -0.975. The summed E-state index contributed by atoms with van der Waals surface area (Å²) in [7, 11) is 0. The number of ether oxygens (including phenoxy) is 1. The Morgan fingerprint density at radius 3 is 2.29 bits per heavy atom. The van der Waals surface area contributed by atoms with E-state index in [0.29, 0.717) is 31.1 Å². The molecule has 3 heterocycles. The molecule has 300 valence electrons. The second-order valence-corrected chi connectivity index (χ2v) is 16.5. The molecular weight excluding hydrogens is 746 g/mol. The van der Waals surface area contributed by atoms with Gasteiger partial charge in [-0.05, 0) is 133 Å². The molecule has 4 amide bonds. The molecule has 15 heteroatoms. The number of halogens is 3. The number of hydrogen-bond acceptors (Lipinski definition) is 8. The van der Waals surface area contributed by atoms with Crippen molar-refractivity contribution >= 4 is 52.3 Å². The molecule has 3 saturated heterocycles. The van der Waals surface area contributed by atoms with E-state index in [2.05, 4.69) is 29.4 Å². The van der Waals surface area contributed by atoms with Gasteiger partial charge in [0, 0.05) is 36.8 Å². The van der Waals surface area contributed by atoms with Crippen molar-refractivity contribution in [3.63, 3.8) is 0 Å². The first-order valence-corrected chi connectivity index (χ1v) is 19.8. The molecule has 2 N–H and O–H groups in total. The van der Waals surface area contributed by atoms with Gasteiger partial charge in [0.1, 0.15) is 5.54 Å². The lowest BCUT2D eigenvalue weighted by atomic mass is 9.85. The molecule has 1 saturated carbocycles. The molecule has 0 spiro atoms. The van der Waals surface area contributed by atoms with E-state index in [0.717, 1.165) is 62.6 Å². The summed E-state index contributed by atoms with van der Waals surface area (Å²) in [5, 5.41) is 14.7. The normalized spacial score (nSPS) is 27.2. The molecule has 56 heavy (non-hydrogen) atoms. The Bertz CT molecular complexity index is 1880. The van der Waals surface area contributed by atoms with Crippen molar-refractivity contribution in [1.82, 2.24) is 15.1 Å². The van der Waals surface area contributed by atoms with Crippen LogP contribution < -0.4 is 15.5 Å². The first-order chi connectivity index (χ1) is 26.5. The van der Waals surface area contributed by atoms with Gasteiger partial charge in [0.2, 0.25) is 17.7 Å². The van der Waals surface area contributed by atoms with Crippen LogP contribution in [0, 0.1) is 17.2 Å². The van der Waals surface area contributed by atoms with E-state index in [1.807, 2.05) is 17.0 Å². The minimum Gasteiger partial charge on any atom is -0.378 e. The Morgan fingerprint density at radius 2 is 1.68 bits per heavy atom. The minimum atomic E-state index is -4.76. The first kappa shape index (κ1) is 41.2. The van der Waals surface area contributed by atoms with Gasteiger partial charge in [-0.1, -0.05) is 12.1 Å². The van der Waals surface area contributed by atoms with Gasteiger partial charge < -0.3 is 15.0 Å². The molecule has 2 aromatic carbocycles. The highest BCUT2D eigenvalue weighted by Gasteiger charge is 2.52. The lowest BCUT2D eigenvalue weighted by Gasteiger charge is -2.42. The molecule has 0 radical (unpaired) electrons. The Balaban J connectivity index is 0.942. The van der Waals surface area contributed by atoms with E-state index in [-0.39, 0.29) is 65.2 Å². The van der Waals surface area contributed by atoms with Gasteiger partial charge in [-0.25, -0.2) is 0 Å². The molecule has 1 aliphatic carbocycles. The Morgan fingerprint density at radius 1 is 1.02 bits per heavy atom. The number of piperidine rings is 2. The lowest BCUT2D eigenvalue weighted by molar-refractivity contribution is -0.138. The average molecular weight is 795 g/mol. The second kappa shape index (κ2) is 16.6. The smallest absolute Gasteiger partial charge is 0.378 e. The molecule has 0 bridgehead atoms. The van der Waals surface area contributed by atoms with Crippen LogP contribution in [0.25, 0.3) is 0 Å². The average Bonchev–Trinajstić information content (AvgIpc) is 3.32. The van der Waals surface area contributed by atoms with Crippen molar-refractivity contribution < 1.29 is 37.1 Å². The van der Waals surface area contributed by atoms with Crippen molar-refractivity contribution in [2.24, 2.45) is 5.92 Å². The van der Waals surface area contributed by atoms with Crippen molar-refractivity contribution in [1.29, 1.82) is 5.26 Å². The van der Waals surface area contributed by atoms with Gasteiger partial charge in [0.15, 0.2) is 5.11 Å². The number of nitrogens with one attached hydrogen (secondary N) is 2. The monoisotopic (exact) mass is 794 g/mol. The van der Waals surface area contributed by atoms with Crippen molar-refractivity contribution in [3.05, 3.63) is 59.2 Å². The molecule has 0 aromatic heterocycles. The summed E-state index contributed by atoms with van der Waals surface area (Å²) in [6, 6.07) is 12.4. The predicted molar refractivity (Wildman–Crippen MR) is 207 cm³/mol. The zero-order valence-corrected chi connectivity index (χ0v) is 33.0. The topological polar surface area (TPSA) is 135 Å². The number of anilines is 2. The van der Waals surface area contributed by atoms with Crippen LogP contribution in [0.4, 0.5) is 24.5 Å². The number of imide groups is 1. The van der Waals surface area contributed by atoms with Gasteiger partial charge >= 0.3 is 6.18 Å². The molecule has 2 aromatic rings. The fraction of sp³-hybridized carbons (Fsp3) is 0.561. The van der Waals surface area contributed by atoms with Crippen molar-refractivity contribution in [2.45, 2.75) is 127 Å². The lowest BCUT2D eigenvalue weighted by Crippen LogP contribution is -2.51. The van der Waals surface area contributed by atoms with E-state index in [1.54, 1.807) is 32.0 Å². The van der Waals surface area contributed by atoms with Crippen LogP contribution in [0.15, 0.2) is 42.5 Å². The van der Waals surface area contributed by atoms with Gasteiger partial charge in [0.25, 0.3) is 5.91 Å². The summed E-state index contributed by atoms with van der Waals surface area (Å²) in [5.41, 5.74) is -1.22. The molecule has 3 aliphatic heterocycles. The van der Waals surface area contributed by atoms with Crippen LogP contribution in [0.3, 0.4) is 0 Å². The number of rotatable bonds is 10. The third-order valence-electron chi connectivity index (χ3n) is 11.9. The first-order valence-electron chi connectivity index (χ1n) is 19.4. The number of hydrogen-bond donors (Lipinski definition) is 2. The predicted octanol–water partition coefficient (Wildman–Crippen LogP) is 6.65. The molecule has 4 atom stereocenters. The third-order valence-corrected chi connectivity index (χ3v) is 12.3. The van der Waals surface area contributed by atoms with Crippen LogP contribution in [0.5, 0.6) is 0 Å². The number of amides is 4. The molecule has 4 aliphatic rings. The summed E-state index contributed by atoms with van der Waals surface area (Å²) in [6.07, 6.45) is 1.85. The van der Waals surface area contributed by atoms with Gasteiger partial charge in [-0.3, -0.25) is 34.3 Å². The molecule has 4 fully saturated rings. The minimum absolute atomic E-state index is 0.00712.